The minimum atomic E-state index is -0.209. The molecule has 2 heterocycles. The van der Waals surface area contributed by atoms with Crippen LogP contribution in [-0.4, -0.2) is 19.7 Å². The molecule has 0 aliphatic heterocycles. The van der Waals surface area contributed by atoms with E-state index in [0.717, 1.165) is 24.4 Å². The van der Waals surface area contributed by atoms with E-state index in [1.54, 1.807) is 18.3 Å². The van der Waals surface area contributed by atoms with Crippen molar-refractivity contribution in [3.05, 3.63) is 65.9 Å². The summed E-state index contributed by atoms with van der Waals surface area (Å²) in [7, 11) is 0. The average Bonchev–Trinajstić information content (AvgIpc) is 3.31. The zero-order valence-corrected chi connectivity index (χ0v) is 12.0. The molecule has 5 heteroatoms. The van der Waals surface area contributed by atoms with Gasteiger partial charge in [0.1, 0.15) is 17.3 Å². The van der Waals surface area contributed by atoms with Crippen LogP contribution in [0.3, 0.4) is 0 Å². The maximum Gasteiger partial charge on any atom is 0.200 e. The molecule has 0 bridgehead atoms. The van der Waals surface area contributed by atoms with Crippen LogP contribution < -0.4 is 0 Å². The third-order valence-electron chi connectivity index (χ3n) is 3.81. The van der Waals surface area contributed by atoms with Crippen molar-refractivity contribution >= 4 is 0 Å². The molecule has 3 aromatic rings. The lowest BCUT2D eigenvalue weighted by atomic mass is 10.2. The molecular weight excluding hydrogens is 279 g/mol. The number of halogens is 1. The molecule has 2 aromatic heterocycles. The number of pyridine rings is 1. The summed E-state index contributed by atoms with van der Waals surface area (Å²) < 4.78 is 15.7. The summed E-state index contributed by atoms with van der Waals surface area (Å²) in [5, 5.41) is 4.55. The van der Waals surface area contributed by atoms with Gasteiger partial charge >= 0.3 is 0 Å². The van der Waals surface area contributed by atoms with Crippen molar-refractivity contribution in [1.29, 1.82) is 0 Å². The SMILES string of the molecule is Fc1ccccc1Cn1nc(-c2ccccn2)nc1C1CC1. The van der Waals surface area contributed by atoms with Crippen LogP contribution in [0.25, 0.3) is 11.5 Å². The van der Waals surface area contributed by atoms with E-state index in [4.69, 9.17) is 0 Å². The monoisotopic (exact) mass is 294 g/mol. The Labute approximate surface area is 127 Å². The fraction of sp³-hybridized carbons (Fsp3) is 0.235. The van der Waals surface area contributed by atoms with Gasteiger partial charge in [-0.2, -0.15) is 0 Å². The standard InChI is InChI=1S/C17H15FN4/c18-14-6-2-1-5-13(14)11-22-17(12-8-9-12)20-16(21-22)15-7-3-4-10-19-15/h1-7,10,12H,8-9,11H2. The van der Waals surface area contributed by atoms with E-state index >= 15 is 0 Å². The van der Waals surface area contributed by atoms with Crippen LogP contribution in [0.5, 0.6) is 0 Å². The van der Waals surface area contributed by atoms with Gasteiger partial charge in [0.05, 0.1) is 6.54 Å². The van der Waals surface area contributed by atoms with Crippen LogP contribution in [0.15, 0.2) is 48.7 Å². The van der Waals surface area contributed by atoms with E-state index in [1.807, 2.05) is 28.9 Å². The molecule has 0 N–H and O–H groups in total. The first-order valence-corrected chi connectivity index (χ1v) is 7.41. The van der Waals surface area contributed by atoms with E-state index in [2.05, 4.69) is 15.1 Å². The highest BCUT2D eigenvalue weighted by Gasteiger charge is 2.30. The molecule has 0 amide bonds. The highest BCUT2D eigenvalue weighted by molar-refractivity contribution is 5.48. The smallest absolute Gasteiger partial charge is 0.200 e. The molecule has 22 heavy (non-hydrogen) atoms. The van der Waals surface area contributed by atoms with Crippen molar-refractivity contribution in [1.82, 2.24) is 19.7 Å². The summed E-state index contributed by atoms with van der Waals surface area (Å²) in [5.74, 6) is 1.78. The van der Waals surface area contributed by atoms with Gasteiger partial charge in [0.15, 0.2) is 5.82 Å². The minimum absolute atomic E-state index is 0.209. The van der Waals surface area contributed by atoms with Crippen LogP contribution >= 0.6 is 0 Å². The van der Waals surface area contributed by atoms with Gasteiger partial charge in [-0.3, -0.25) is 4.98 Å². The minimum Gasteiger partial charge on any atom is -0.253 e. The highest BCUT2D eigenvalue weighted by atomic mass is 19.1. The first-order valence-electron chi connectivity index (χ1n) is 7.41. The van der Waals surface area contributed by atoms with Crippen molar-refractivity contribution in [2.45, 2.75) is 25.3 Å². The molecule has 1 aliphatic rings. The molecule has 1 fully saturated rings. The van der Waals surface area contributed by atoms with Gasteiger partial charge in [-0.25, -0.2) is 14.1 Å². The van der Waals surface area contributed by atoms with Gasteiger partial charge in [0.25, 0.3) is 0 Å². The first kappa shape index (κ1) is 13.1. The normalized spacial score (nSPS) is 14.2. The number of benzene rings is 1. The summed E-state index contributed by atoms with van der Waals surface area (Å²) >= 11 is 0. The average molecular weight is 294 g/mol. The number of aromatic nitrogens is 4. The fourth-order valence-corrected chi connectivity index (χ4v) is 2.51. The van der Waals surface area contributed by atoms with E-state index in [1.165, 1.54) is 6.07 Å². The van der Waals surface area contributed by atoms with Crippen LogP contribution in [0.1, 0.15) is 30.1 Å². The van der Waals surface area contributed by atoms with Crippen molar-refractivity contribution in [2.75, 3.05) is 0 Å². The lowest BCUT2D eigenvalue weighted by Crippen LogP contribution is -2.07. The predicted octanol–water partition coefficient (Wildman–Crippen LogP) is 3.40. The van der Waals surface area contributed by atoms with Crippen molar-refractivity contribution in [3.63, 3.8) is 0 Å². The summed E-state index contributed by atoms with van der Waals surface area (Å²) in [5.41, 5.74) is 1.37. The van der Waals surface area contributed by atoms with Gasteiger partial charge < -0.3 is 0 Å². The lowest BCUT2D eigenvalue weighted by molar-refractivity contribution is 0.573. The predicted molar refractivity (Wildman–Crippen MR) is 80.7 cm³/mol. The molecule has 4 rings (SSSR count). The van der Waals surface area contributed by atoms with Crippen LogP contribution in [0.2, 0.25) is 0 Å². The van der Waals surface area contributed by atoms with E-state index < -0.39 is 0 Å². The lowest BCUT2D eigenvalue weighted by Gasteiger charge is -2.06. The Hall–Kier alpha value is -2.56. The molecule has 0 unspecified atom stereocenters. The largest absolute Gasteiger partial charge is 0.253 e. The van der Waals surface area contributed by atoms with Gasteiger partial charge in [-0.15, -0.1) is 5.10 Å². The van der Waals surface area contributed by atoms with E-state index in [9.17, 15) is 4.39 Å². The Morgan fingerprint density at radius 1 is 1.09 bits per heavy atom. The quantitative estimate of drug-likeness (QED) is 0.740. The molecule has 1 aliphatic carbocycles. The molecule has 1 aromatic carbocycles. The van der Waals surface area contributed by atoms with Crippen molar-refractivity contribution in [2.24, 2.45) is 0 Å². The summed E-state index contributed by atoms with van der Waals surface area (Å²) in [4.78, 5) is 8.93. The number of nitrogens with zero attached hydrogens (tertiary/aromatic N) is 4. The van der Waals surface area contributed by atoms with Gasteiger partial charge in [-0.05, 0) is 31.0 Å². The fourth-order valence-electron chi connectivity index (χ4n) is 2.51. The molecule has 1 saturated carbocycles. The highest BCUT2D eigenvalue weighted by Crippen LogP contribution is 2.39. The Balaban J connectivity index is 1.72. The third kappa shape index (κ3) is 2.50. The van der Waals surface area contributed by atoms with Gasteiger partial charge in [-0.1, -0.05) is 24.3 Å². The van der Waals surface area contributed by atoms with Gasteiger partial charge in [0, 0.05) is 17.7 Å². The Kier molecular flexibility index (Phi) is 3.18. The number of hydrogen-bond acceptors (Lipinski definition) is 3. The molecule has 4 nitrogen and oxygen atoms in total. The number of rotatable bonds is 4. The third-order valence-corrected chi connectivity index (χ3v) is 3.81. The summed E-state index contributed by atoms with van der Waals surface area (Å²) in [6.45, 7) is 0.401. The number of hydrogen-bond donors (Lipinski definition) is 0. The Morgan fingerprint density at radius 2 is 1.91 bits per heavy atom. The van der Waals surface area contributed by atoms with E-state index in [0.29, 0.717) is 23.9 Å². The Morgan fingerprint density at radius 3 is 2.64 bits per heavy atom. The summed E-state index contributed by atoms with van der Waals surface area (Å²) in [6.07, 6.45) is 3.97. The van der Waals surface area contributed by atoms with Crippen LogP contribution in [0, 0.1) is 5.82 Å². The second-order valence-electron chi connectivity index (χ2n) is 5.53. The topological polar surface area (TPSA) is 43.6 Å². The first-order chi connectivity index (χ1) is 10.8. The molecule has 110 valence electrons. The maximum atomic E-state index is 13.9. The van der Waals surface area contributed by atoms with Crippen LogP contribution in [0.4, 0.5) is 4.39 Å². The summed E-state index contributed by atoms with van der Waals surface area (Å²) in [6, 6.07) is 12.5. The van der Waals surface area contributed by atoms with Crippen LogP contribution in [-0.2, 0) is 6.54 Å². The second kappa shape index (κ2) is 5.33. The molecule has 0 radical (unpaired) electrons. The zero-order valence-electron chi connectivity index (χ0n) is 12.0. The second-order valence-corrected chi connectivity index (χ2v) is 5.53. The molecule has 0 spiro atoms. The van der Waals surface area contributed by atoms with Crippen molar-refractivity contribution < 1.29 is 4.39 Å². The van der Waals surface area contributed by atoms with Gasteiger partial charge in [0.2, 0.25) is 0 Å². The molecule has 0 saturated heterocycles. The zero-order chi connectivity index (χ0) is 14.9. The molecule has 0 atom stereocenters. The maximum absolute atomic E-state index is 13.9. The molecular formula is C17H15FN4. The van der Waals surface area contributed by atoms with E-state index in [-0.39, 0.29) is 5.82 Å². The van der Waals surface area contributed by atoms with Crippen molar-refractivity contribution in [3.8, 4) is 11.5 Å². The Bertz CT molecular complexity index is 793.